The van der Waals surface area contributed by atoms with Crippen molar-refractivity contribution in [3.05, 3.63) is 41.1 Å². The zero-order valence-electron chi connectivity index (χ0n) is 7.64. The van der Waals surface area contributed by atoms with Crippen LogP contribution >= 0.6 is 15.9 Å². The number of hydrogen-bond acceptors (Lipinski definition) is 2. The fourth-order valence-corrected chi connectivity index (χ4v) is 1.68. The zero-order chi connectivity index (χ0) is 9.97. The Kier molecular flexibility index (Phi) is 2.54. The first-order chi connectivity index (χ1) is 6.79. The van der Waals surface area contributed by atoms with Crippen molar-refractivity contribution < 1.29 is 4.74 Å². The smallest absolute Gasteiger partial charge is 0.122 e. The highest BCUT2D eigenvalue weighted by molar-refractivity contribution is 9.10. The van der Waals surface area contributed by atoms with E-state index in [1.54, 1.807) is 18.0 Å². The minimum Gasteiger partial charge on any atom is -0.497 e. The lowest BCUT2D eigenvalue weighted by molar-refractivity contribution is 0.414. The van der Waals surface area contributed by atoms with Crippen LogP contribution in [0.4, 0.5) is 0 Å². The summed E-state index contributed by atoms with van der Waals surface area (Å²) in [6, 6.07) is 7.70. The van der Waals surface area contributed by atoms with Crippen LogP contribution in [0.1, 0.15) is 0 Å². The lowest BCUT2D eigenvalue weighted by Gasteiger charge is -2.05. The van der Waals surface area contributed by atoms with E-state index in [1.807, 2.05) is 30.5 Å². The van der Waals surface area contributed by atoms with Gasteiger partial charge in [0.2, 0.25) is 0 Å². The van der Waals surface area contributed by atoms with Gasteiger partial charge in [-0.05, 0) is 18.2 Å². The van der Waals surface area contributed by atoms with Gasteiger partial charge in [0.15, 0.2) is 0 Å². The largest absolute Gasteiger partial charge is 0.497 e. The second-order valence-corrected chi connectivity index (χ2v) is 3.72. The molecular weight excluding hydrogens is 244 g/mol. The van der Waals surface area contributed by atoms with Gasteiger partial charge in [-0.15, -0.1) is 0 Å². The van der Waals surface area contributed by atoms with Gasteiger partial charge in [-0.2, -0.15) is 5.10 Å². The van der Waals surface area contributed by atoms with Crippen molar-refractivity contribution in [3.63, 3.8) is 0 Å². The second-order valence-electron chi connectivity index (χ2n) is 2.80. The molecular formula is C10H9BrN2O. The summed E-state index contributed by atoms with van der Waals surface area (Å²) >= 11 is 3.42. The molecule has 0 aliphatic carbocycles. The van der Waals surface area contributed by atoms with Crippen molar-refractivity contribution in [3.8, 4) is 11.4 Å². The molecule has 2 rings (SSSR count). The molecule has 0 fully saturated rings. The Morgan fingerprint density at radius 3 is 2.86 bits per heavy atom. The maximum atomic E-state index is 5.16. The van der Waals surface area contributed by atoms with Crippen LogP contribution in [0.3, 0.4) is 0 Å². The molecule has 0 spiro atoms. The van der Waals surface area contributed by atoms with Crippen LogP contribution in [0, 0.1) is 0 Å². The number of methoxy groups -OCH3 is 1. The zero-order valence-corrected chi connectivity index (χ0v) is 9.23. The fraction of sp³-hybridized carbons (Fsp3) is 0.100. The molecule has 0 radical (unpaired) electrons. The average Bonchev–Trinajstić information content (AvgIpc) is 2.69. The predicted octanol–water partition coefficient (Wildman–Crippen LogP) is 2.64. The highest BCUT2D eigenvalue weighted by atomic mass is 79.9. The Balaban J connectivity index is 2.48. The van der Waals surface area contributed by atoms with E-state index in [0.717, 1.165) is 15.9 Å². The number of hydrogen-bond donors (Lipinski definition) is 0. The third-order valence-corrected chi connectivity index (χ3v) is 2.32. The van der Waals surface area contributed by atoms with E-state index < -0.39 is 0 Å². The summed E-state index contributed by atoms with van der Waals surface area (Å²) in [7, 11) is 1.65. The molecule has 0 N–H and O–H groups in total. The van der Waals surface area contributed by atoms with Gasteiger partial charge in [-0.3, -0.25) is 0 Å². The van der Waals surface area contributed by atoms with E-state index in [9.17, 15) is 0 Å². The number of nitrogens with zero attached hydrogens (tertiary/aromatic N) is 2. The van der Waals surface area contributed by atoms with E-state index in [2.05, 4.69) is 21.0 Å². The van der Waals surface area contributed by atoms with Crippen molar-refractivity contribution in [2.45, 2.75) is 0 Å². The van der Waals surface area contributed by atoms with Crippen molar-refractivity contribution in [2.75, 3.05) is 7.11 Å². The molecule has 2 aromatic rings. The first kappa shape index (κ1) is 9.27. The first-order valence-electron chi connectivity index (χ1n) is 4.14. The van der Waals surface area contributed by atoms with Gasteiger partial charge in [0.1, 0.15) is 5.75 Å². The predicted molar refractivity (Wildman–Crippen MR) is 57.8 cm³/mol. The third kappa shape index (κ3) is 1.80. The Morgan fingerprint density at radius 1 is 1.36 bits per heavy atom. The molecule has 1 aromatic heterocycles. The third-order valence-electron chi connectivity index (χ3n) is 1.86. The molecule has 0 amide bonds. The Labute approximate surface area is 90.4 Å². The second kappa shape index (κ2) is 3.84. The van der Waals surface area contributed by atoms with Crippen LogP contribution in [0.5, 0.6) is 5.75 Å². The minimum atomic E-state index is 0.810. The number of rotatable bonds is 2. The standard InChI is InChI=1S/C10H9BrN2O/c1-14-10-6-8(11)5-9(7-10)13-4-2-3-12-13/h2-7H,1H3. The molecule has 0 saturated carbocycles. The van der Waals surface area contributed by atoms with Crippen molar-refractivity contribution >= 4 is 15.9 Å². The van der Waals surface area contributed by atoms with Gasteiger partial charge in [-0.25, -0.2) is 4.68 Å². The highest BCUT2D eigenvalue weighted by Crippen LogP contribution is 2.23. The van der Waals surface area contributed by atoms with E-state index in [1.165, 1.54) is 0 Å². The number of benzene rings is 1. The van der Waals surface area contributed by atoms with E-state index >= 15 is 0 Å². The lowest BCUT2D eigenvalue weighted by Crippen LogP contribution is -1.95. The Bertz CT molecular complexity index is 426. The number of ether oxygens (including phenoxy) is 1. The summed E-state index contributed by atoms with van der Waals surface area (Å²) in [5.41, 5.74) is 0.973. The summed E-state index contributed by atoms with van der Waals surface area (Å²) < 4.78 is 7.92. The SMILES string of the molecule is COc1cc(Br)cc(-n2cccn2)c1. The van der Waals surface area contributed by atoms with E-state index in [-0.39, 0.29) is 0 Å². The molecule has 72 valence electrons. The van der Waals surface area contributed by atoms with Crippen LogP contribution in [-0.4, -0.2) is 16.9 Å². The van der Waals surface area contributed by atoms with Crippen molar-refractivity contribution in [1.82, 2.24) is 9.78 Å². The van der Waals surface area contributed by atoms with Crippen LogP contribution in [0.25, 0.3) is 5.69 Å². The molecule has 0 aliphatic heterocycles. The van der Waals surface area contributed by atoms with Crippen LogP contribution in [-0.2, 0) is 0 Å². The highest BCUT2D eigenvalue weighted by Gasteiger charge is 2.01. The van der Waals surface area contributed by atoms with E-state index in [0.29, 0.717) is 0 Å². The molecule has 1 heterocycles. The maximum absolute atomic E-state index is 5.16. The quantitative estimate of drug-likeness (QED) is 0.822. The van der Waals surface area contributed by atoms with Crippen LogP contribution < -0.4 is 4.74 Å². The van der Waals surface area contributed by atoms with Crippen LogP contribution in [0.2, 0.25) is 0 Å². The fourth-order valence-electron chi connectivity index (χ4n) is 1.22. The molecule has 0 unspecified atom stereocenters. The Morgan fingerprint density at radius 2 is 2.21 bits per heavy atom. The molecule has 0 atom stereocenters. The maximum Gasteiger partial charge on any atom is 0.122 e. The molecule has 1 aromatic carbocycles. The first-order valence-corrected chi connectivity index (χ1v) is 4.93. The molecule has 3 nitrogen and oxygen atoms in total. The normalized spacial score (nSPS) is 10.1. The summed E-state index contributed by atoms with van der Waals surface area (Å²) in [5.74, 6) is 0.810. The Hall–Kier alpha value is -1.29. The molecule has 4 heteroatoms. The van der Waals surface area contributed by atoms with E-state index in [4.69, 9.17) is 4.74 Å². The summed E-state index contributed by atoms with van der Waals surface area (Å²) in [5, 5.41) is 4.14. The topological polar surface area (TPSA) is 27.1 Å². The average molecular weight is 253 g/mol. The summed E-state index contributed by atoms with van der Waals surface area (Å²) in [6.07, 6.45) is 3.63. The summed E-state index contributed by atoms with van der Waals surface area (Å²) in [6.45, 7) is 0. The molecule has 0 aliphatic rings. The molecule has 0 bridgehead atoms. The summed E-state index contributed by atoms with van der Waals surface area (Å²) in [4.78, 5) is 0. The van der Waals surface area contributed by atoms with Crippen LogP contribution in [0.15, 0.2) is 41.1 Å². The van der Waals surface area contributed by atoms with Gasteiger partial charge in [-0.1, -0.05) is 15.9 Å². The monoisotopic (exact) mass is 252 g/mol. The van der Waals surface area contributed by atoms with Crippen molar-refractivity contribution in [2.24, 2.45) is 0 Å². The van der Waals surface area contributed by atoms with Gasteiger partial charge < -0.3 is 4.74 Å². The number of halogens is 1. The minimum absolute atomic E-state index is 0.810. The number of aromatic nitrogens is 2. The van der Waals surface area contributed by atoms with Gasteiger partial charge in [0.25, 0.3) is 0 Å². The van der Waals surface area contributed by atoms with Gasteiger partial charge >= 0.3 is 0 Å². The molecule has 0 saturated heterocycles. The van der Waals surface area contributed by atoms with Gasteiger partial charge in [0, 0.05) is 22.9 Å². The van der Waals surface area contributed by atoms with Gasteiger partial charge in [0.05, 0.1) is 12.8 Å². The molecule has 14 heavy (non-hydrogen) atoms. The van der Waals surface area contributed by atoms with Crippen molar-refractivity contribution in [1.29, 1.82) is 0 Å². The lowest BCUT2D eigenvalue weighted by atomic mass is 10.3.